The molecule has 0 N–H and O–H groups in total. The van der Waals surface area contributed by atoms with E-state index in [1.54, 1.807) is 0 Å². The lowest BCUT2D eigenvalue weighted by molar-refractivity contribution is 0.220. The van der Waals surface area contributed by atoms with Crippen LogP contribution in [0.3, 0.4) is 0 Å². The van der Waals surface area contributed by atoms with E-state index in [2.05, 4.69) is 47.6 Å². The normalized spacial score (nSPS) is 17.7. The van der Waals surface area contributed by atoms with E-state index in [9.17, 15) is 0 Å². The van der Waals surface area contributed by atoms with Gasteiger partial charge in [0.25, 0.3) is 0 Å². The number of likely N-dealkylation sites (tertiary alicyclic amines) is 1. The van der Waals surface area contributed by atoms with Gasteiger partial charge in [-0.2, -0.15) is 0 Å². The summed E-state index contributed by atoms with van der Waals surface area (Å²) in [7, 11) is 2.12. The number of anilines is 1. The summed E-state index contributed by atoms with van der Waals surface area (Å²) in [6, 6.07) is 2.42. The largest absolute Gasteiger partial charge is 0.356 e. The molecule has 0 aliphatic carbocycles. The molecule has 2 rings (SSSR count). The topological polar surface area (TPSA) is 32.3 Å². The predicted octanol–water partition coefficient (Wildman–Crippen LogP) is 3.17. The Bertz CT molecular complexity index is 441. The molecule has 4 nitrogen and oxygen atoms in total. The highest BCUT2D eigenvalue weighted by atomic mass is 35.5. The van der Waals surface area contributed by atoms with Crippen LogP contribution in [-0.4, -0.2) is 47.6 Å². The second kappa shape index (κ2) is 6.72. The first kappa shape index (κ1) is 15.5. The van der Waals surface area contributed by atoms with Gasteiger partial charge in [-0.05, 0) is 19.4 Å². The predicted molar refractivity (Wildman–Crippen MR) is 84.7 cm³/mol. The summed E-state index contributed by atoms with van der Waals surface area (Å²) in [4.78, 5) is 13.7. The molecule has 0 atom stereocenters. The minimum absolute atomic E-state index is 0.294. The summed E-state index contributed by atoms with van der Waals surface area (Å²) < 4.78 is 0. The van der Waals surface area contributed by atoms with Crippen LogP contribution in [-0.2, 0) is 0 Å². The number of piperidine rings is 1. The van der Waals surface area contributed by atoms with Gasteiger partial charge in [-0.25, -0.2) is 9.97 Å². The van der Waals surface area contributed by atoms with Crippen LogP contribution in [0, 0.1) is 0 Å². The summed E-state index contributed by atoms with van der Waals surface area (Å²) >= 11 is 6.14. The van der Waals surface area contributed by atoms with E-state index in [0.717, 1.165) is 18.2 Å². The van der Waals surface area contributed by atoms with Crippen LogP contribution in [0.4, 0.5) is 5.82 Å². The standard InChI is InChI=1S/C15H25ClN4/c1-5-20-8-6-12(7-9-20)19(4)14-10-13(16)17-15(18-14)11(2)3/h10-12H,5-9H2,1-4H3. The van der Waals surface area contributed by atoms with Crippen molar-refractivity contribution in [2.75, 3.05) is 31.6 Å². The maximum absolute atomic E-state index is 6.14. The lowest BCUT2D eigenvalue weighted by atomic mass is 10.0. The van der Waals surface area contributed by atoms with Crippen LogP contribution in [0.25, 0.3) is 0 Å². The van der Waals surface area contributed by atoms with Crippen molar-refractivity contribution in [2.45, 2.75) is 45.6 Å². The highest BCUT2D eigenvalue weighted by Crippen LogP contribution is 2.24. The van der Waals surface area contributed by atoms with Crippen molar-refractivity contribution in [2.24, 2.45) is 0 Å². The van der Waals surface area contributed by atoms with Crippen molar-refractivity contribution >= 4 is 17.4 Å². The molecule has 0 amide bonds. The van der Waals surface area contributed by atoms with E-state index in [0.29, 0.717) is 17.1 Å². The van der Waals surface area contributed by atoms with Gasteiger partial charge in [0.1, 0.15) is 16.8 Å². The van der Waals surface area contributed by atoms with Gasteiger partial charge in [0.2, 0.25) is 0 Å². The summed E-state index contributed by atoms with van der Waals surface area (Å²) in [5.41, 5.74) is 0. The molecule has 5 heteroatoms. The minimum Gasteiger partial charge on any atom is -0.356 e. The third-order valence-electron chi connectivity index (χ3n) is 4.13. The third kappa shape index (κ3) is 3.61. The molecule has 1 aliphatic heterocycles. The second-order valence-corrected chi connectivity index (χ2v) is 6.23. The first-order valence-corrected chi connectivity index (χ1v) is 7.88. The van der Waals surface area contributed by atoms with Gasteiger partial charge in [-0.15, -0.1) is 0 Å². The fourth-order valence-corrected chi connectivity index (χ4v) is 2.86. The molecule has 0 aromatic carbocycles. The first-order chi connectivity index (χ1) is 9.51. The van der Waals surface area contributed by atoms with Crippen LogP contribution in [0.5, 0.6) is 0 Å². The smallest absolute Gasteiger partial charge is 0.135 e. The fourth-order valence-electron chi connectivity index (χ4n) is 2.67. The SMILES string of the molecule is CCN1CCC(N(C)c2cc(Cl)nc(C(C)C)n2)CC1. The number of rotatable bonds is 4. The van der Waals surface area contributed by atoms with Crippen LogP contribution < -0.4 is 4.90 Å². The molecule has 112 valence electrons. The molecule has 2 heterocycles. The molecule has 1 aliphatic rings. The molecule has 0 saturated carbocycles. The molecule has 0 bridgehead atoms. The minimum atomic E-state index is 0.294. The summed E-state index contributed by atoms with van der Waals surface area (Å²) in [5, 5.41) is 0.538. The summed E-state index contributed by atoms with van der Waals surface area (Å²) in [6.07, 6.45) is 2.37. The van der Waals surface area contributed by atoms with Crippen molar-refractivity contribution in [1.82, 2.24) is 14.9 Å². The van der Waals surface area contributed by atoms with Gasteiger partial charge >= 0.3 is 0 Å². The Balaban J connectivity index is 2.11. The molecule has 1 aromatic rings. The third-order valence-corrected chi connectivity index (χ3v) is 4.32. The second-order valence-electron chi connectivity index (χ2n) is 5.84. The average Bonchev–Trinajstić information content (AvgIpc) is 2.46. The van der Waals surface area contributed by atoms with Gasteiger partial charge in [0.15, 0.2) is 0 Å². The maximum atomic E-state index is 6.14. The quantitative estimate of drug-likeness (QED) is 0.799. The molecule has 1 fully saturated rings. The Morgan fingerprint density at radius 3 is 2.55 bits per heavy atom. The molecule has 1 saturated heterocycles. The Kier molecular flexibility index (Phi) is 5.22. The maximum Gasteiger partial charge on any atom is 0.135 e. The Labute approximate surface area is 127 Å². The summed E-state index contributed by atoms with van der Waals surface area (Å²) in [5.74, 6) is 2.07. The molecule has 20 heavy (non-hydrogen) atoms. The van der Waals surface area contributed by atoms with E-state index in [4.69, 9.17) is 11.6 Å². The molecule has 0 unspecified atom stereocenters. The highest BCUT2D eigenvalue weighted by molar-refractivity contribution is 6.29. The van der Waals surface area contributed by atoms with Crippen LogP contribution in [0.1, 0.15) is 45.4 Å². The number of nitrogens with zero attached hydrogens (tertiary/aromatic N) is 4. The molecule has 0 radical (unpaired) electrons. The first-order valence-electron chi connectivity index (χ1n) is 7.51. The van der Waals surface area contributed by atoms with Gasteiger partial charge in [-0.1, -0.05) is 32.4 Å². The number of halogens is 1. The van der Waals surface area contributed by atoms with Gasteiger partial charge < -0.3 is 9.80 Å². The van der Waals surface area contributed by atoms with Gasteiger partial charge in [-0.3, -0.25) is 0 Å². The molecule has 0 spiro atoms. The Morgan fingerprint density at radius 1 is 1.35 bits per heavy atom. The van der Waals surface area contributed by atoms with Crippen molar-refractivity contribution < 1.29 is 0 Å². The van der Waals surface area contributed by atoms with E-state index >= 15 is 0 Å². The number of hydrogen-bond acceptors (Lipinski definition) is 4. The zero-order valence-corrected chi connectivity index (χ0v) is 13.7. The molecular formula is C15H25ClN4. The van der Waals surface area contributed by atoms with Crippen molar-refractivity contribution in [3.05, 3.63) is 17.0 Å². The van der Waals surface area contributed by atoms with Crippen LogP contribution >= 0.6 is 11.6 Å². The average molecular weight is 297 g/mol. The zero-order chi connectivity index (χ0) is 14.7. The Hall–Kier alpha value is -0.870. The Morgan fingerprint density at radius 2 is 2.00 bits per heavy atom. The van der Waals surface area contributed by atoms with Gasteiger partial charge in [0, 0.05) is 38.2 Å². The van der Waals surface area contributed by atoms with Gasteiger partial charge in [0.05, 0.1) is 0 Å². The van der Waals surface area contributed by atoms with E-state index in [1.165, 1.54) is 25.9 Å². The number of hydrogen-bond donors (Lipinski definition) is 0. The lowest BCUT2D eigenvalue weighted by Gasteiger charge is -2.37. The van der Waals surface area contributed by atoms with E-state index in [-0.39, 0.29) is 0 Å². The molecule has 1 aromatic heterocycles. The van der Waals surface area contributed by atoms with Crippen LogP contribution in [0.15, 0.2) is 6.07 Å². The van der Waals surface area contributed by atoms with Crippen molar-refractivity contribution in [3.8, 4) is 0 Å². The molecular weight excluding hydrogens is 272 g/mol. The fraction of sp³-hybridized carbons (Fsp3) is 0.733. The van der Waals surface area contributed by atoms with E-state index < -0.39 is 0 Å². The van der Waals surface area contributed by atoms with Crippen molar-refractivity contribution in [1.29, 1.82) is 0 Å². The monoisotopic (exact) mass is 296 g/mol. The zero-order valence-electron chi connectivity index (χ0n) is 12.9. The summed E-state index contributed by atoms with van der Waals surface area (Å²) in [6.45, 7) is 9.89. The lowest BCUT2D eigenvalue weighted by Crippen LogP contribution is -2.43. The highest BCUT2D eigenvalue weighted by Gasteiger charge is 2.23. The van der Waals surface area contributed by atoms with E-state index in [1.807, 2.05) is 6.07 Å². The van der Waals surface area contributed by atoms with Crippen LogP contribution in [0.2, 0.25) is 5.15 Å². The number of aromatic nitrogens is 2. The van der Waals surface area contributed by atoms with Crippen molar-refractivity contribution in [3.63, 3.8) is 0 Å².